The van der Waals surface area contributed by atoms with Crippen LogP contribution in [0.15, 0.2) is 42.5 Å². The fraction of sp³-hybridized carbons (Fsp3) is 0.316. The average Bonchev–Trinajstić information content (AvgIpc) is 2.54. The van der Waals surface area contributed by atoms with Crippen molar-refractivity contribution in [1.29, 1.82) is 0 Å². The Hall–Kier alpha value is -2.24. The highest BCUT2D eigenvalue weighted by atomic mass is 19.4. The molecule has 0 aromatic heterocycles. The molecule has 0 spiro atoms. The van der Waals surface area contributed by atoms with Gasteiger partial charge in [-0.25, -0.2) is 8.78 Å². The summed E-state index contributed by atoms with van der Waals surface area (Å²) in [6, 6.07) is 8.15. The fourth-order valence-electron chi connectivity index (χ4n) is 3.38. The number of halogens is 5. The molecule has 3 rings (SSSR count). The lowest BCUT2D eigenvalue weighted by Crippen LogP contribution is -2.28. The van der Waals surface area contributed by atoms with Gasteiger partial charge in [-0.05, 0) is 42.9 Å². The summed E-state index contributed by atoms with van der Waals surface area (Å²) >= 11 is 0. The molecule has 0 heterocycles. The fourth-order valence-corrected chi connectivity index (χ4v) is 3.38. The van der Waals surface area contributed by atoms with E-state index in [-0.39, 0.29) is 17.9 Å². The molecule has 6 heteroatoms. The van der Waals surface area contributed by atoms with E-state index in [4.69, 9.17) is 0 Å². The molecule has 2 aromatic carbocycles. The molecule has 0 saturated heterocycles. The number of alkyl halides is 3. The van der Waals surface area contributed by atoms with Gasteiger partial charge in [-0.1, -0.05) is 24.3 Å². The lowest BCUT2D eigenvalue weighted by molar-refractivity contribution is -0.137. The summed E-state index contributed by atoms with van der Waals surface area (Å²) < 4.78 is 66.9. The summed E-state index contributed by atoms with van der Waals surface area (Å²) in [5.41, 5.74) is -1.45. The van der Waals surface area contributed by atoms with Crippen LogP contribution in [0.5, 0.6) is 0 Å². The van der Waals surface area contributed by atoms with Crippen molar-refractivity contribution < 1.29 is 26.7 Å². The number of carbonyl (C=O) groups excluding carboxylic acids is 1. The van der Waals surface area contributed by atoms with Crippen molar-refractivity contribution in [3.05, 3.63) is 70.8 Å². The van der Waals surface area contributed by atoms with Crippen LogP contribution in [0.4, 0.5) is 22.0 Å². The first kappa shape index (κ1) is 17.6. The number of hydrogen-bond acceptors (Lipinski definition) is 1. The predicted molar refractivity (Wildman–Crippen MR) is 82.2 cm³/mol. The van der Waals surface area contributed by atoms with Crippen molar-refractivity contribution in [2.24, 2.45) is 5.92 Å². The Morgan fingerprint density at radius 2 is 1.60 bits per heavy atom. The predicted octanol–water partition coefficient (Wildman–Crippen LogP) is 5.75. The van der Waals surface area contributed by atoms with Crippen LogP contribution in [0.3, 0.4) is 0 Å². The van der Waals surface area contributed by atoms with E-state index >= 15 is 0 Å². The summed E-state index contributed by atoms with van der Waals surface area (Å²) in [6.07, 6.45) is -3.72. The van der Waals surface area contributed by atoms with Crippen molar-refractivity contribution in [2.45, 2.75) is 31.4 Å². The minimum atomic E-state index is -4.62. The smallest absolute Gasteiger partial charge is 0.294 e. The van der Waals surface area contributed by atoms with Crippen LogP contribution < -0.4 is 0 Å². The van der Waals surface area contributed by atoms with E-state index in [1.54, 1.807) is 0 Å². The SMILES string of the molecule is O=C(C[C@@H]1CC[C@@H]1c1c(F)cccc1F)c1ccccc1C(F)(F)F. The second-order valence-electron chi connectivity index (χ2n) is 6.25. The molecule has 2 atom stereocenters. The zero-order chi connectivity index (χ0) is 18.2. The van der Waals surface area contributed by atoms with Gasteiger partial charge in [0.25, 0.3) is 0 Å². The Morgan fingerprint density at radius 3 is 2.16 bits per heavy atom. The summed E-state index contributed by atoms with van der Waals surface area (Å²) in [6.45, 7) is 0. The maximum Gasteiger partial charge on any atom is 0.417 e. The van der Waals surface area contributed by atoms with E-state index < -0.39 is 40.6 Å². The molecule has 25 heavy (non-hydrogen) atoms. The van der Waals surface area contributed by atoms with E-state index in [1.807, 2.05) is 0 Å². The molecule has 0 N–H and O–H groups in total. The van der Waals surface area contributed by atoms with E-state index in [9.17, 15) is 26.7 Å². The third kappa shape index (κ3) is 3.43. The Bertz CT molecular complexity index is 776. The first-order valence-electron chi connectivity index (χ1n) is 7.92. The van der Waals surface area contributed by atoms with Crippen LogP contribution >= 0.6 is 0 Å². The second kappa shape index (κ2) is 6.58. The molecule has 0 aliphatic heterocycles. The average molecular weight is 354 g/mol. The first-order chi connectivity index (χ1) is 11.8. The Kier molecular flexibility index (Phi) is 4.62. The number of carbonyl (C=O) groups is 1. The second-order valence-corrected chi connectivity index (χ2v) is 6.25. The van der Waals surface area contributed by atoms with Crippen LogP contribution in [0.1, 0.15) is 46.7 Å². The normalized spacial score (nSPS) is 20.2. The lowest BCUT2D eigenvalue weighted by Gasteiger charge is -2.37. The Balaban J connectivity index is 1.81. The van der Waals surface area contributed by atoms with Gasteiger partial charge in [0.05, 0.1) is 5.56 Å². The molecule has 132 valence electrons. The van der Waals surface area contributed by atoms with Crippen LogP contribution in [0.2, 0.25) is 0 Å². The van der Waals surface area contributed by atoms with Gasteiger partial charge in [-0.15, -0.1) is 0 Å². The zero-order valence-corrected chi connectivity index (χ0v) is 13.1. The summed E-state index contributed by atoms with van der Waals surface area (Å²) in [7, 11) is 0. The molecule has 1 fully saturated rings. The van der Waals surface area contributed by atoms with E-state index in [0.717, 1.165) is 24.3 Å². The Labute approximate surface area is 141 Å². The van der Waals surface area contributed by atoms with E-state index in [2.05, 4.69) is 0 Å². The number of benzene rings is 2. The van der Waals surface area contributed by atoms with Crippen molar-refractivity contribution in [3.8, 4) is 0 Å². The van der Waals surface area contributed by atoms with Gasteiger partial charge < -0.3 is 0 Å². The van der Waals surface area contributed by atoms with Gasteiger partial charge in [0.1, 0.15) is 11.6 Å². The molecular formula is C19H15F5O. The standard InChI is InChI=1S/C19H15F5O/c20-15-6-3-7-16(21)18(15)12-9-8-11(12)10-17(25)13-4-1-2-5-14(13)19(22,23)24/h1-7,11-12H,8-10H2/t11-,12-/m0/s1. The molecule has 1 saturated carbocycles. The maximum absolute atomic E-state index is 13.9. The van der Waals surface area contributed by atoms with Gasteiger partial charge in [0.2, 0.25) is 0 Å². The maximum atomic E-state index is 13.9. The minimum Gasteiger partial charge on any atom is -0.294 e. The number of hydrogen-bond donors (Lipinski definition) is 0. The summed E-state index contributed by atoms with van der Waals surface area (Å²) in [5, 5.41) is 0. The van der Waals surface area contributed by atoms with E-state index in [0.29, 0.717) is 12.8 Å². The van der Waals surface area contributed by atoms with E-state index in [1.165, 1.54) is 18.2 Å². The molecule has 1 aliphatic carbocycles. The van der Waals surface area contributed by atoms with Crippen LogP contribution in [0.25, 0.3) is 0 Å². The molecular weight excluding hydrogens is 339 g/mol. The monoisotopic (exact) mass is 354 g/mol. The van der Waals surface area contributed by atoms with Gasteiger partial charge in [-0.3, -0.25) is 4.79 Å². The highest BCUT2D eigenvalue weighted by molar-refractivity contribution is 5.97. The van der Waals surface area contributed by atoms with Crippen LogP contribution in [-0.2, 0) is 6.18 Å². The molecule has 1 nitrogen and oxygen atoms in total. The van der Waals surface area contributed by atoms with Crippen molar-refractivity contribution >= 4 is 5.78 Å². The third-order valence-corrected chi connectivity index (χ3v) is 4.77. The minimum absolute atomic E-state index is 0.0735. The van der Waals surface area contributed by atoms with Gasteiger partial charge in [0.15, 0.2) is 5.78 Å². The first-order valence-corrected chi connectivity index (χ1v) is 7.92. The van der Waals surface area contributed by atoms with Gasteiger partial charge in [0, 0.05) is 17.5 Å². The number of rotatable bonds is 4. The molecule has 0 radical (unpaired) electrons. The molecule has 1 aliphatic rings. The summed E-state index contributed by atoms with van der Waals surface area (Å²) in [4.78, 5) is 12.4. The van der Waals surface area contributed by atoms with Crippen molar-refractivity contribution in [3.63, 3.8) is 0 Å². The number of ketones is 1. The quantitative estimate of drug-likeness (QED) is 0.505. The van der Waals surface area contributed by atoms with Gasteiger partial charge in [-0.2, -0.15) is 13.2 Å². The van der Waals surface area contributed by atoms with Crippen molar-refractivity contribution in [2.75, 3.05) is 0 Å². The molecule has 0 amide bonds. The highest BCUT2D eigenvalue weighted by Gasteiger charge is 2.39. The molecule has 0 unspecified atom stereocenters. The third-order valence-electron chi connectivity index (χ3n) is 4.77. The topological polar surface area (TPSA) is 17.1 Å². The lowest BCUT2D eigenvalue weighted by atomic mass is 9.67. The Morgan fingerprint density at radius 1 is 0.960 bits per heavy atom. The number of Topliss-reactive ketones (excluding diaryl/α,β-unsaturated/α-hetero) is 1. The summed E-state index contributed by atoms with van der Waals surface area (Å²) in [5.74, 6) is -2.86. The molecule has 0 bridgehead atoms. The largest absolute Gasteiger partial charge is 0.417 e. The zero-order valence-electron chi connectivity index (χ0n) is 13.1. The van der Waals surface area contributed by atoms with Crippen molar-refractivity contribution in [1.82, 2.24) is 0 Å². The highest BCUT2D eigenvalue weighted by Crippen LogP contribution is 2.47. The van der Waals surface area contributed by atoms with Crippen LogP contribution in [-0.4, -0.2) is 5.78 Å². The van der Waals surface area contributed by atoms with Gasteiger partial charge >= 0.3 is 6.18 Å². The van der Waals surface area contributed by atoms with Crippen LogP contribution in [0, 0.1) is 17.6 Å². The molecule has 2 aromatic rings.